The van der Waals surface area contributed by atoms with Gasteiger partial charge in [0.25, 0.3) is 0 Å². The van der Waals surface area contributed by atoms with Crippen LogP contribution in [0.4, 0.5) is 0 Å². The van der Waals surface area contributed by atoms with E-state index in [2.05, 4.69) is 6.58 Å². The Bertz CT molecular complexity index is 38.3. The van der Waals surface area contributed by atoms with Crippen molar-refractivity contribution < 1.29 is 60.8 Å². The third-order valence-corrected chi connectivity index (χ3v) is 0.0833. The number of carbonyl (C=O) groups excluding carboxylic acids is 1. The van der Waals surface area contributed by atoms with Crippen molar-refractivity contribution >= 4 is 29.3 Å². The maximum atomic E-state index is 8.93. The summed E-state index contributed by atoms with van der Waals surface area (Å²) in [4.78, 5) is 8.93. The van der Waals surface area contributed by atoms with Crippen LogP contribution in [0.3, 0.4) is 0 Å². The van der Waals surface area contributed by atoms with Crippen LogP contribution in [0, 0.1) is 0 Å². The first-order valence-corrected chi connectivity index (χ1v) is 0.901. The largest absolute Gasteiger partial charge is 0.419 e. The van der Waals surface area contributed by atoms with Crippen molar-refractivity contribution in [1.29, 1.82) is 0 Å². The molecule has 8 heavy (non-hydrogen) atoms. The molecule has 0 aliphatic heterocycles. The van der Waals surface area contributed by atoms with E-state index in [9.17, 15) is 0 Å². The Morgan fingerprint density at radius 3 is 1.50 bits per heavy atom. The number of rotatable bonds is 1. The monoisotopic (exact) mass is 262 g/mol. The molecule has 0 aromatic heterocycles. The average molecular weight is 265 g/mol. The molecule has 0 unspecified atom stereocenters. The van der Waals surface area contributed by atoms with Crippen LogP contribution >= 0.6 is 0 Å². The molecule has 0 bridgehead atoms. The molecule has 0 atom stereocenters. The van der Waals surface area contributed by atoms with Crippen LogP contribution in [0.15, 0.2) is 12.7 Å². The summed E-state index contributed by atoms with van der Waals surface area (Å²) in [5.74, 6) is 0. The molecule has 0 heterocycles. The van der Waals surface area contributed by atoms with E-state index in [4.69, 9.17) is 4.79 Å². The van der Waals surface area contributed by atoms with Gasteiger partial charge in [0.05, 0.1) is 0 Å². The van der Waals surface area contributed by atoms with Gasteiger partial charge in [-0.3, -0.25) is 0 Å². The maximum absolute atomic E-state index is 8.93. The molecule has 0 saturated carbocycles. The van der Waals surface area contributed by atoms with E-state index >= 15 is 0 Å². The van der Waals surface area contributed by atoms with Gasteiger partial charge in [0.1, 0.15) is 0 Å². The second-order valence-corrected chi connectivity index (χ2v) is 0.322. The van der Waals surface area contributed by atoms with Gasteiger partial charge in [0.2, 0.25) is 0 Å². The fourth-order valence-corrected chi connectivity index (χ4v) is 0. The number of allylic oxidation sites excluding steroid dienone is 1. The Morgan fingerprint density at radius 1 is 1.38 bits per heavy atom. The molecule has 1 nitrogen and oxygen atoms in total. The third-order valence-electron chi connectivity index (χ3n) is 0.0833. The molecule has 0 aromatic rings. The van der Waals surface area contributed by atoms with Gasteiger partial charge in [-0.1, -0.05) is 0 Å². The van der Waals surface area contributed by atoms with Gasteiger partial charge in [0, 0.05) is 79.1 Å². The van der Waals surface area contributed by atoms with E-state index in [1.807, 2.05) is 0 Å². The van der Waals surface area contributed by atoms with E-state index in [0.717, 1.165) is 6.08 Å². The Balaban J connectivity index is -0.00000000750. The van der Waals surface area contributed by atoms with E-state index in [-0.39, 0.29) is 79.1 Å². The van der Waals surface area contributed by atoms with Gasteiger partial charge < -0.3 is 4.79 Å². The van der Waals surface area contributed by atoms with Gasteiger partial charge in [-0.25, -0.2) is 12.7 Å². The Hall–Kier alpha value is 1.94. The van der Waals surface area contributed by atoms with Crippen LogP contribution < -0.4 is 0 Å². The van der Waals surface area contributed by atoms with Crippen molar-refractivity contribution in [3.05, 3.63) is 12.7 Å². The smallest absolute Gasteiger partial charge is 0 e. The first kappa shape index (κ1) is 32.5. The predicted octanol–water partition coefficient (Wildman–Crippen LogP) is -0.106. The van der Waals surface area contributed by atoms with Crippen LogP contribution in [-0.2, 0) is 60.8 Å². The van der Waals surface area contributed by atoms with Crippen molar-refractivity contribution in [2.45, 2.75) is 0 Å². The van der Waals surface area contributed by atoms with Crippen molar-refractivity contribution in [3.63, 3.8) is 0 Å². The number of hydrogen-bond acceptors (Lipinski definition) is 1. The van der Waals surface area contributed by atoms with Crippen molar-refractivity contribution in [1.82, 2.24) is 0 Å². The zero-order valence-corrected chi connectivity index (χ0v) is 13.2. The molecule has 5 heteroatoms. The quantitative estimate of drug-likeness (QED) is 0.367. The average Bonchev–Trinajstić information content (AvgIpc) is 1.37. The van der Waals surface area contributed by atoms with Crippen molar-refractivity contribution in [2.75, 3.05) is 0 Å². The summed E-state index contributed by atoms with van der Waals surface area (Å²) in [6, 6.07) is 0. The van der Waals surface area contributed by atoms with Crippen LogP contribution in [0.5, 0.6) is 0 Å². The molecule has 0 saturated heterocycles. The molecule has 0 spiro atoms. The second-order valence-electron chi connectivity index (χ2n) is 0.322. The standard InChI is InChI=1S/C3H3O.Mg.Mn.2Zn/c1-2-3-4;;;;/h2H,1H2;;;;/q-1;;;;. The topological polar surface area (TPSA) is 17.1 Å². The first-order valence-electron chi connectivity index (χ1n) is 0.901. The zero-order chi connectivity index (χ0) is 3.41. The fraction of sp³-hybridized carbons (Fsp3) is 0. The van der Waals surface area contributed by atoms with Crippen LogP contribution in [-0.4, -0.2) is 29.3 Å². The van der Waals surface area contributed by atoms with E-state index in [0.29, 0.717) is 0 Å². The summed E-state index contributed by atoms with van der Waals surface area (Å²) in [5.41, 5.74) is 0. The Kier molecular flexibility index (Phi) is 148. The summed E-state index contributed by atoms with van der Waals surface area (Å²) in [6.45, 7) is 3.06. The number of hydrogen-bond donors (Lipinski definition) is 0. The van der Waals surface area contributed by atoms with Gasteiger partial charge >= 0.3 is 0 Å². The van der Waals surface area contributed by atoms with E-state index in [1.165, 1.54) is 6.29 Å². The molecule has 0 fully saturated rings. The maximum Gasteiger partial charge on any atom is 0 e. The van der Waals surface area contributed by atoms with E-state index < -0.39 is 0 Å². The van der Waals surface area contributed by atoms with Gasteiger partial charge in [-0.05, 0) is 6.29 Å². The summed E-state index contributed by atoms with van der Waals surface area (Å²) in [5, 5.41) is 0. The minimum absolute atomic E-state index is 0. The summed E-state index contributed by atoms with van der Waals surface area (Å²) >= 11 is 0. The normalized spacial score (nSPS) is 2.50. The Labute approximate surface area is 102 Å². The van der Waals surface area contributed by atoms with E-state index in [1.54, 1.807) is 0 Å². The predicted molar refractivity (Wildman–Crippen MR) is 21.6 cm³/mol. The molecule has 0 aliphatic rings. The molecule has 0 N–H and O–H groups in total. The minimum atomic E-state index is 0. The van der Waals surface area contributed by atoms with Gasteiger partial charge in [0.15, 0.2) is 0 Å². The summed E-state index contributed by atoms with van der Waals surface area (Å²) in [6.07, 6.45) is 2.51. The molecule has 0 aliphatic carbocycles. The van der Waals surface area contributed by atoms with Gasteiger partial charge in [-0.15, -0.1) is 0 Å². The van der Waals surface area contributed by atoms with Crippen LogP contribution in [0.1, 0.15) is 0 Å². The summed E-state index contributed by atoms with van der Waals surface area (Å²) in [7, 11) is 0. The fourth-order valence-electron chi connectivity index (χ4n) is 0. The van der Waals surface area contributed by atoms with Crippen molar-refractivity contribution in [2.24, 2.45) is 0 Å². The molecular formula is C3H3MgMnOZn2-. The minimum Gasteiger partial charge on any atom is -0.419 e. The molecule has 3 radical (unpaired) electrons. The van der Waals surface area contributed by atoms with Crippen molar-refractivity contribution in [3.8, 4) is 0 Å². The Morgan fingerprint density at radius 2 is 1.50 bits per heavy atom. The summed E-state index contributed by atoms with van der Waals surface area (Å²) < 4.78 is 0. The molecule has 0 aromatic carbocycles. The molecule has 35 valence electrons. The third kappa shape index (κ3) is 44.2. The van der Waals surface area contributed by atoms with Gasteiger partial charge in [-0.2, -0.15) is 0 Å². The molecule has 0 rings (SSSR count). The first-order chi connectivity index (χ1) is 1.91. The van der Waals surface area contributed by atoms with Crippen LogP contribution in [0.25, 0.3) is 0 Å². The van der Waals surface area contributed by atoms with Crippen LogP contribution in [0.2, 0.25) is 0 Å². The second kappa shape index (κ2) is 36.3. The molecular weight excluding hydrogens is 262 g/mol. The zero-order valence-electron chi connectivity index (χ0n) is 4.69. The molecule has 0 amide bonds. The SMILES string of the molecule is C=C[C-]=O.[Mg].[Mn].[Zn].[Zn].